The van der Waals surface area contributed by atoms with E-state index in [1.54, 1.807) is 11.8 Å². The Kier molecular flexibility index (Phi) is 6.85. The SMILES string of the molecule is CCS(=O)(=O)N1CCC(C(=O)NCC[NH+]2CCCCC2C)CC1. The third-order valence-electron chi connectivity index (χ3n) is 5.41. The summed E-state index contributed by atoms with van der Waals surface area (Å²) in [5, 5.41) is 3.06. The van der Waals surface area contributed by atoms with Crippen molar-refractivity contribution in [2.24, 2.45) is 5.92 Å². The number of hydrogen-bond acceptors (Lipinski definition) is 3. The largest absolute Gasteiger partial charge is 0.350 e. The fourth-order valence-electron chi connectivity index (χ4n) is 3.69. The second-order valence-electron chi connectivity index (χ2n) is 6.92. The number of carbonyl (C=O) groups is 1. The van der Waals surface area contributed by atoms with Gasteiger partial charge in [-0.3, -0.25) is 4.79 Å². The summed E-state index contributed by atoms with van der Waals surface area (Å²) in [6.07, 6.45) is 5.18. The molecule has 7 heteroatoms. The molecule has 0 bridgehead atoms. The Morgan fingerprint density at radius 1 is 1.22 bits per heavy atom. The minimum Gasteiger partial charge on any atom is -0.350 e. The maximum atomic E-state index is 12.3. The van der Waals surface area contributed by atoms with Crippen molar-refractivity contribution in [3.05, 3.63) is 0 Å². The molecule has 2 atom stereocenters. The average molecular weight is 347 g/mol. The molecule has 2 N–H and O–H groups in total. The zero-order chi connectivity index (χ0) is 16.9. The number of nitrogens with zero attached hydrogens (tertiary/aromatic N) is 1. The number of carbonyl (C=O) groups excluding carboxylic acids is 1. The minimum absolute atomic E-state index is 0.0351. The van der Waals surface area contributed by atoms with Crippen molar-refractivity contribution in [2.45, 2.75) is 52.0 Å². The summed E-state index contributed by atoms with van der Waals surface area (Å²) in [4.78, 5) is 13.9. The average Bonchev–Trinajstić information content (AvgIpc) is 2.56. The minimum atomic E-state index is -3.11. The van der Waals surface area contributed by atoms with Gasteiger partial charge in [-0.1, -0.05) is 0 Å². The van der Waals surface area contributed by atoms with Crippen LogP contribution in [-0.2, 0) is 14.8 Å². The predicted octanol–water partition coefficient (Wildman–Crippen LogP) is -0.378. The van der Waals surface area contributed by atoms with Gasteiger partial charge in [0.15, 0.2) is 0 Å². The van der Waals surface area contributed by atoms with Crippen LogP contribution in [0.15, 0.2) is 0 Å². The molecule has 0 saturated carbocycles. The van der Waals surface area contributed by atoms with Gasteiger partial charge in [0.2, 0.25) is 15.9 Å². The maximum absolute atomic E-state index is 12.3. The zero-order valence-electron chi connectivity index (χ0n) is 14.5. The number of amides is 1. The molecule has 2 heterocycles. The summed E-state index contributed by atoms with van der Waals surface area (Å²) in [5.41, 5.74) is 0. The van der Waals surface area contributed by atoms with E-state index in [0.29, 0.717) is 32.0 Å². The van der Waals surface area contributed by atoms with Crippen molar-refractivity contribution in [2.75, 3.05) is 38.5 Å². The van der Waals surface area contributed by atoms with Crippen LogP contribution in [0.1, 0.15) is 46.0 Å². The van der Waals surface area contributed by atoms with Crippen molar-refractivity contribution >= 4 is 15.9 Å². The van der Waals surface area contributed by atoms with E-state index in [0.717, 1.165) is 13.1 Å². The first-order valence-electron chi connectivity index (χ1n) is 9.04. The number of nitrogens with one attached hydrogen (secondary N) is 2. The van der Waals surface area contributed by atoms with Crippen molar-refractivity contribution < 1.29 is 18.1 Å². The predicted molar refractivity (Wildman–Crippen MR) is 90.8 cm³/mol. The lowest BCUT2D eigenvalue weighted by Gasteiger charge is -2.31. The van der Waals surface area contributed by atoms with Crippen LogP contribution in [0.25, 0.3) is 0 Å². The third-order valence-corrected chi connectivity index (χ3v) is 7.29. The smallest absolute Gasteiger partial charge is 0.223 e. The van der Waals surface area contributed by atoms with E-state index in [4.69, 9.17) is 0 Å². The second-order valence-corrected chi connectivity index (χ2v) is 9.18. The first-order valence-corrected chi connectivity index (χ1v) is 10.6. The normalized spacial score (nSPS) is 27.7. The van der Waals surface area contributed by atoms with Crippen LogP contribution in [0.2, 0.25) is 0 Å². The summed E-state index contributed by atoms with van der Waals surface area (Å²) in [6.45, 7) is 7.84. The maximum Gasteiger partial charge on any atom is 0.223 e. The number of hydrogen-bond donors (Lipinski definition) is 2. The van der Waals surface area contributed by atoms with E-state index < -0.39 is 10.0 Å². The van der Waals surface area contributed by atoms with Gasteiger partial charge in [0, 0.05) is 19.0 Å². The highest BCUT2D eigenvalue weighted by atomic mass is 32.2. The molecule has 0 aromatic rings. The molecule has 2 rings (SSSR count). The van der Waals surface area contributed by atoms with Gasteiger partial charge in [0.25, 0.3) is 0 Å². The van der Waals surface area contributed by atoms with Crippen molar-refractivity contribution in [3.63, 3.8) is 0 Å². The Labute approximate surface area is 140 Å². The summed E-state index contributed by atoms with van der Waals surface area (Å²) >= 11 is 0. The number of piperidine rings is 2. The van der Waals surface area contributed by atoms with Gasteiger partial charge >= 0.3 is 0 Å². The van der Waals surface area contributed by atoms with Gasteiger partial charge in [-0.05, 0) is 46.0 Å². The number of quaternary nitrogens is 1. The van der Waals surface area contributed by atoms with E-state index in [1.807, 2.05) is 0 Å². The van der Waals surface area contributed by atoms with Gasteiger partial charge in [-0.15, -0.1) is 0 Å². The van der Waals surface area contributed by atoms with Crippen LogP contribution in [-0.4, -0.2) is 63.1 Å². The quantitative estimate of drug-likeness (QED) is 0.689. The Morgan fingerprint density at radius 3 is 2.52 bits per heavy atom. The highest BCUT2D eigenvalue weighted by Crippen LogP contribution is 2.19. The highest BCUT2D eigenvalue weighted by Gasteiger charge is 2.30. The fraction of sp³-hybridized carbons (Fsp3) is 0.938. The monoisotopic (exact) mass is 346 g/mol. The van der Waals surface area contributed by atoms with Gasteiger partial charge in [-0.25, -0.2) is 12.7 Å². The van der Waals surface area contributed by atoms with Crippen LogP contribution in [0.3, 0.4) is 0 Å². The van der Waals surface area contributed by atoms with E-state index >= 15 is 0 Å². The summed E-state index contributed by atoms with van der Waals surface area (Å²) < 4.78 is 25.2. The Bertz CT molecular complexity index is 487. The van der Waals surface area contributed by atoms with E-state index in [2.05, 4.69) is 12.2 Å². The molecule has 0 aromatic carbocycles. The lowest BCUT2D eigenvalue weighted by molar-refractivity contribution is -0.927. The van der Waals surface area contributed by atoms with Crippen LogP contribution in [0.5, 0.6) is 0 Å². The molecule has 2 saturated heterocycles. The van der Waals surface area contributed by atoms with Gasteiger partial charge in [-0.2, -0.15) is 0 Å². The molecule has 2 aliphatic rings. The van der Waals surface area contributed by atoms with Crippen LogP contribution in [0, 0.1) is 5.92 Å². The van der Waals surface area contributed by atoms with Gasteiger partial charge in [0.1, 0.15) is 0 Å². The molecule has 1 amide bonds. The first-order chi connectivity index (χ1) is 10.9. The first kappa shape index (κ1) is 18.7. The molecule has 6 nitrogen and oxygen atoms in total. The van der Waals surface area contributed by atoms with Crippen molar-refractivity contribution in [1.29, 1.82) is 0 Å². The van der Waals surface area contributed by atoms with E-state index in [-0.39, 0.29) is 17.6 Å². The fourth-order valence-corrected chi connectivity index (χ4v) is 4.83. The molecule has 2 aliphatic heterocycles. The molecule has 0 radical (unpaired) electrons. The number of sulfonamides is 1. The molecular weight excluding hydrogens is 314 g/mol. The Morgan fingerprint density at radius 2 is 1.91 bits per heavy atom. The molecule has 23 heavy (non-hydrogen) atoms. The third kappa shape index (κ3) is 5.16. The topological polar surface area (TPSA) is 70.9 Å². The van der Waals surface area contributed by atoms with Gasteiger partial charge in [0.05, 0.1) is 31.4 Å². The highest BCUT2D eigenvalue weighted by molar-refractivity contribution is 7.89. The van der Waals surface area contributed by atoms with Crippen molar-refractivity contribution in [1.82, 2.24) is 9.62 Å². The van der Waals surface area contributed by atoms with Crippen LogP contribution < -0.4 is 10.2 Å². The lowest BCUT2D eigenvalue weighted by atomic mass is 9.97. The van der Waals surface area contributed by atoms with Crippen molar-refractivity contribution in [3.8, 4) is 0 Å². The zero-order valence-corrected chi connectivity index (χ0v) is 15.3. The number of rotatable bonds is 6. The summed E-state index contributed by atoms with van der Waals surface area (Å²) in [7, 11) is -3.11. The molecular formula is C16H32N3O3S+. The Balaban J connectivity index is 1.69. The second kappa shape index (κ2) is 8.44. The molecule has 0 aliphatic carbocycles. The summed E-state index contributed by atoms with van der Waals surface area (Å²) in [5.74, 6) is 0.204. The molecule has 2 unspecified atom stereocenters. The summed E-state index contributed by atoms with van der Waals surface area (Å²) in [6, 6.07) is 0.697. The van der Waals surface area contributed by atoms with E-state index in [1.165, 1.54) is 30.1 Å². The van der Waals surface area contributed by atoms with Crippen LogP contribution >= 0.6 is 0 Å². The molecule has 0 spiro atoms. The number of likely N-dealkylation sites (tertiary alicyclic amines) is 1. The van der Waals surface area contributed by atoms with Gasteiger partial charge < -0.3 is 10.2 Å². The standard InChI is InChI=1S/C16H31N3O3S/c1-3-23(21,22)19-11-7-15(8-12-19)16(20)17-9-13-18-10-5-4-6-14(18)2/h14-15H,3-13H2,1-2H3,(H,17,20)/p+1. The van der Waals surface area contributed by atoms with Crippen LogP contribution in [0.4, 0.5) is 0 Å². The lowest BCUT2D eigenvalue weighted by Crippen LogP contribution is -3.16. The Hall–Kier alpha value is -0.660. The molecule has 134 valence electrons. The molecule has 0 aromatic heterocycles. The molecule has 2 fully saturated rings. The van der Waals surface area contributed by atoms with E-state index in [9.17, 15) is 13.2 Å².